The predicted octanol–water partition coefficient (Wildman–Crippen LogP) is 11.2. The molecular weight excluding hydrogens is 633 g/mol. The van der Waals surface area contributed by atoms with Crippen molar-refractivity contribution in [3.63, 3.8) is 0 Å². The van der Waals surface area contributed by atoms with E-state index in [1.54, 1.807) is 0 Å². The van der Waals surface area contributed by atoms with E-state index in [-0.39, 0.29) is 31.1 Å². The molecule has 1 aliphatic heterocycles. The number of ether oxygens (including phenoxy) is 3. The molecule has 1 unspecified atom stereocenters. The van der Waals surface area contributed by atoms with Gasteiger partial charge in [-0.25, -0.2) is 9.18 Å². The van der Waals surface area contributed by atoms with Gasteiger partial charge < -0.3 is 19.5 Å². The number of nitrogens with one attached hydrogen (secondary N) is 2. The Morgan fingerprint density at radius 1 is 0.640 bits per heavy atom. The second-order valence-electron chi connectivity index (χ2n) is 14.7. The van der Waals surface area contributed by atoms with Crippen molar-refractivity contribution in [3.8, 4) is 0 Å². The lowest BCUT2D eigenvalue weighted by atomic mass is 10.0. The Labute approximate surface area is 306 Å². The normalized spacial score (nSPS) is 13.9. The van der Waals surface area contributed by atoms with Crippen molar-refractivity contribution in [2.75, 3.05) is 39.5 Å². The van der Waals surface area contributed by atoms with Crippen molar-refractivity contribution < 1.29 is 28.2 Å². The van der Waals surface area contributed by atoms with Gasteiger partial charge in [0.15, 0.2) is 12.0 Å². The molecule has 2 N–H and O–H groups in total. The summed E-state index contributed by atoms with van der Waals surface area (Å²) in [4.78, 5) is 26.9. The van der Waals surface area contributed by atoms with Crippen LogP contribution >= 0.6 is 0 Å². The van der Waals surface area contributed by atoms with Gasteiger partial charge in [0, 0.05) is 32.5 Å². The van der Waals surface area contributed by atoms with Gasteiger partial charge in [-0.2, -0.15) is 0 Å². The zero-order valence-corrected chi connectivity index (χ0v) is 32.6. The highest BCUT2D eigenvalue weighted by atomic mass is 19.1. The Morgan fingerprint density at radius 2 is 1.04 bits per heavy atom. The van der Waals surface area contributed by atoms with E-state index in [0.717, 1.165) is 32.1 Å². The molecule has 0 bridgehead atoms. The second-order valence-corrected chi connectivity index (χ2v) is 14.7. The largest absolute Gasteiger partial charge is 0.477 e. The van der Waals surface area contributed by atoms with E-state index in [9.17, 15) is 14.0 Å². The first-order valence-electron chi connectivity index (χ1n) is 21.1. The first-order valence-corrected chi connectivity index (χ1v) is 21.1. The van der Waals surface area contributed by atoms with Crippen LogP contribution in [-0.2, 0) is 19.0 Å². The van der Waals surface area contributed by atoms with Crippen molar-refractivity contribution >= 4 is 18.0 Å². The molecule has 0 radical (unpaired) electrons. The molecule has 1 saturated heterocycles. The number of amides is 1. The average Bonchev–Trinajstić information content (AvgIpc) is 3.09. The fourth-order valence-electron chi connectivity index (χ4n) is 6.55. The molecule has 294 valence electrons. The third-order valence-electron chi connectivity index (χ3n) is 9.82. The SMILES string of the molecule is CCCCCCCCCCCCCCCC(=N)OCC(COC(=O)CCCCCCCCCCCCCCC)OC(=O)NC1CN(CCF)C1. The van der Waals surface area contributed by atoms with E-state index in [4.69, 9.17) is 19.6 Å². The molecule has 0 aromatic heterocycles. The predicted molar refractivity (Wildman–Crippen MR) is 205 cm³/mol. The maximum absolute atomic E-state index is 12.6. The zero-order chi connectivity index (χ0) is 36.3. The van der Waals surface area contributed by atoms with Crippen LogP contribution in [0.25, 0.3) is 0 Å². The first-order chi connectivity index (χ1) is 24.5. The number of unbranched alkanes of at least 4 members (excludes halogenated alkanes) is 24. The maximum Gasteiger partial charge on any atom is 0.407 e. The van der Waals surface area contributed by atoms with Gasteiger partial charge in [0.05, 0.1) is 6.04 Å². The number of alkyl halides is 1. The molecule has 50 heavy (non-hydrogen) atoms. The topological polar surface area (TPSA) is 101 Å². The Bertz CT molecular complexity index is 765. The summed E-state index contributed by atoms with van der Waals surface area (Å²) < 4.78 is 29.2. The van der Waals surface area contributed by atoms with E-state index >= 15 is 0 Å². The van der Waals surface area contributed by atoms with Gasteiger partial charge in [-0.15, -0.1) is 0 Å². The second kappa shape index (κ2) is 34.2. The highest BCUT2D eigenvalue weighted by Gasteiger charge is 2.29. The van der Waals surface area contributed by atoms with Gasteiger partial charge in [-0.3, -0.25) is 15.1 Å². The van der Waals surface area contributed by atoms with E-state index in [0.29, 0.717) is 32.5 Å². The minimum absolute atomic E-state index is 0.0324. The Balaban J connectivity index is 2.22. The smallest absolute Gasteiger partial charge is 0.407 e. The molecule has 1 amide bonds. The van der Waals surface area contributed by atoms with Crippen LogP contribution in [0.1, 0.15) is 194 Å². The van der Waals surface area contributed by atoms with Crippen LogP contribution in [0.3, 0.4) is 0 Å². The number of hydrogen-bond acceptors (Lipinski definition) is 7. The molecule has 1 rings (SSSR count). The molecule has 1 atom stereocenters. The molecular formula is C41H78FN3O5. The van der Waals surface area contributed by atoms with E-state index in [2.05, 4.69) is 19.2 Å². The van der Waals surface area contributed by atoms with E-state index in [1.165, 1.54) is 135 Å². The summed E-state index contributed by atoms with van der Waals surface area (Å²) in [6, 6.07) is -0.0948. The molecule has 9 heteroatoms. The van der Waals surface area contributed by atoms with Crippen LogP contribution in [0.4, 0.5) is 9.18 Å². The Hall–Kier alpha value is -1.90. The third kappa shape index (κ3) is 28.8. The maximum atomic E-state index is 12.6. The lowest BCUT2D eigenvalue weighted by Crippen LogP contribution is -2.60. The zero-order valence-electron chi connectivity index (χ0n) is 32.6. The number of carbonyl (C=O) groups is 2. The first kappa shape index (κ1) is 46.1. The number of esters is 1. The van der Waals surface area contributed by atoms with Crippen molar-refractivity contribution in [1.82, 2.24) is 10.2 Å². The molecule has 0 saturated carbocycles. The summed E-state index contributed by atoms with van der Waals surface area (Å²) in [5.74, 6) is -0.133. The number of carbonyl (C=O) groups excluding carboxylic acids is 2. The number of nitrogens with zero attached hydrogens (tertiary/aromatic N) is 1. The van der Waals surface area contributed by atoms with Crippen molar-refractivity contribution in [2.24, 2.45) is 0 Å². The minimum atomic E-state index is -0.806. The molecule has 0 spiro atoms. The van der Waals surface area contributed by atoms with Gasteiger partial charge in [-0.05, 0) is 12.8 Å². The average molecular weight is 712 g/mol. The van der Waals surface area contributed by atoms with Gasteiger partial charge in [0.25, 0.3) is 0 Å². The number of alkyl carbamates (subject to hydrolysis) is 1. The standard InChI is InChI=1S/C41H78FN3O5/c1-3-5-7-9-11-13-15-17-19-21-23-25-27-29-39(43)48-35-38(50-41(47)44-37-33-45(34-37)32-31-42)36-49-40(46)30-28-26-24-22-20-18-16-14-12-10-8-6-4-2/h37-38,43H,3-36H2,1-2H3,(H,44,47). The van der Waals surface area contributed by atoms with E-state index in [1.807, 2.05) is 4.90 Å². The van der Waals surface area contributed by atoms with Gasteiger partial charge in [0.2, 0.25) is 0 Å². The fourth-order valence-corrected chi connectivity index (χ4v) is 6.55. The van der Waals surface area contributed by atoms with Crippen LogP contribution in [0.15, 0.2) is 0 Å². The number of hydrogen-bond donors (Lipinski definition) is 2. The molecule has 0 aliphatic carbocycles. The number of rotatable bonds is 36. The monoisotopic (exact) mass is 712 g/mol. The number of likely N-dealkylation sites (tertiary alicyclic amines) is 1. The summed E-state index contributed by atoms with van der Waals surface area (Å²) in [7, 11) is 0. The quantitative estimate of drug-likeness (QED) is 0.0290. The summed E-state index contributed by atoms with van der Waals surface area (Å²) in [6.45, 7) is 5.50. The summed E-state index contributed by atoms with van der Waals surface area (Å²) >= 11 is 0. The van der Waals surface area contributed by atoms with Crippen molar-refractivity contribution in [1.29, 1.82) is 5.41 Å². The summed E-state index contributed by atoms with van der Waals surface area (Å²) in [5, 5.41) is 11.0. The molecule has 0 aromatic rings. The molecule has 0 aromatic carbocycles. The Morgan fingerprint density at radius 3 is 1.48 bits per heavy atom. The van der Waals surface area contributed by atoms with Crippen LogP contribution in [-0.4, -0.2) is 74.5 Å². The van der Waals surface area contributed by atoms with Crippen LogP contribution in [0.5, 0.6) is 0 Å². The summed E-state index contributed by atoms with van der Waals surface area (Å²) in [5.41, 5.74) is 0. The lowest BCUT2D eigenvalue weighted by molar-refractivity contribution is -0.147. The molecule has 1 aliphatic rings. The third-order valence-corrected chi connectivity index (χ3v) is 9.82. The Kier molecular flexibility index (Phi) is 31.5. The van der Waals surface area contributed by atoms with E-state index < -0.39 is 18.9 Å². The number of halogens is 1. The molecule has 1 fully saturated rings. The van der Waals surface area contributed by atoms with Gasteiger partial charge in [0.1, 0.15) is 19.9 Å². The van der Waals surface area contributed by atoms with Crippen LogP contribution in [0, 0.1) is 5.41 Å². The highest BCUT2D eigenvalue weighted by Crippen LogP contribution is 2.15. The molecule has 8 nitrogen and oxygen atoms in total. The fraction of sp³-hybridized carbons (Fsp3) is 0.927. The minimum Gasteiger partial charge on any atom is -0.477 e. The van der Waals surface area contributed by atoms with Crippen molar-refractivity contribution in [2.45, 2.75) is 206 Å². The van der Waals surface area contributed by atoms with Crippen molar-refractivity contribution in [3.05, 3.63) is 0 Å². The van der Waals surface area contributed by atoms with Crippen LogP contribution in [0.2, 0.25) is 0 Å². The van der Waals surface area contributed by atoms with Gasteiger partial charge in [-0.1, -0.05) is 168 Å². The molecule has 1 heterocycles. The van der Waals surface area contributed by atoms with Crippen LogP contribution < -0.4 is 5.32 Å². The summed E-state index contributed by atoms with van der Waals surface area (Å²) in [6.07, 6.45) is 32.2. The lowest BCUT2D eigenvalue weighted by Gasteiger charge is -2.38. The highest BCUT2D eigenvalue weighted by molar-refractivity contribution is 5.72. The van der Waals surface area contributed by atoms with Gasteiger partial charge >= 0.3 is 12.1 Å².